The highest BCUT2D eigenvalue weighted by Crippen LogP contribution is 2.72. The van der Waals surface area contributed by atoms with E-state index in [2.05, 4.69) is 27.7 Å². The van der Waals surface area contributed by atoms with Crippen LogP contribution in [0.3, 0.4) is 0 Å². The Morgan fingerprint density at radius 3 is 2.29 bits per heavy atom. The molecule has 21 heavy (non-hydrogen) atoms. The molecule has 6 atom stereocenters. The van der Waals surface area contributed by atoms with Crippen LogP contribution in [0, 0.1) is 34.0 Å². The van der Waals surface area contributed by atoms with E-state index in [4.69, 9.17) is 0 Å². The second-order valence-corrected chi connectivity index (χ2v) is 10.4. The van der Waals surface area contributed by atoms with Crippen LogP contribution in [0.1, 0.15) is 85.5 Å². The molecule has 5 aliphatic carbocycles. The topological polar surface area (TPSA) is 20.2 Å². The second kappa shape index (κ2) is 4.08. The summed E-state index contributed by atoms with van der Waals surface area (Å²) in [7, 11) is 0. The normalized spacial score (nSPS) is 58.4. The van der Waals surface area contributed by atoms with Gasteiger partial charge in [-0.3, -0.25) is 0 Å². The molecule has 0 aliphatic heterocycles. The van der Waals surface area contributed by atoms with Crippen molar-refractivity contribution in [3.63, 3.8) is 0 Å². The molecule has 1 N–H and O–H groups in total. The van der Waals surface area contributed by atoms with Gasteiger partial charge in [0.05, 0.1) is 5.60 Å². The first-order valence-electron chi connectivity index (χ1n) is 9.42. The molecular formula is C20H34O. The summed E-state index contributed by atoms with van der Waals surface area (Å²) < 4.78 is 0. The third-order valence-corrected chi connectivity index (χ3v) is 8.84. The van der Waals surface area contributed by atoms with E-state index in [9.17, 15) is 5.11 Å². The van der Waals surface area contributed by atoms with E-state index in [1.807, 2.05) is 0 Å². The standard InChI is InChI=1S/C20H34O/c1-17(2)8-5-9-18(3)15(17)7-11-20-10-6-14(12-16(18)20)19(4,21)13-20/h14-16,21H,5-13H2,1-4H3/t14-,15+,16-,18+,19-,20+/m0/s1. The van der Waals surface area contributed by atoms with Crippen LogP contribution >= 0.6 is 0 Å². The summed E-state index contributed by atoms with van der Waals surface area (Å²) in [5.74, 6) is 2.38. The molecule has 5 saturated carbocycles. The van der Waals surface area contributed by atoms with Gasteiger partial charge in [-0.25, -0.2) is 0 Å². The molecule has 1 spiro atoms. The summed E-state index contributed by atoms with van der Waals surface area (Å²) in [6.45, 7) is 9.84. The third kappa shape index (κ3) is 1.79. The molecule has 0 amide bonds. The van der Waals surface area contributed by atoms with Crippen LogP contribution in [-0.4, -0.2) is 10.7 Å². The Labute approximate surface area is 130 Å². The molecule has 0 heterocycles. The molecule has 0 saturated heterocycles. The van der Waals surface area contributed by atoms with E-state index in [0.29, 0.717) is 22.2 Å². The van der Waals surface area contributed by atoms with Crippen molar-refractivity contribution in [1.29, 1.82) is 0 Å². The lowest BCUT2D eigenvalue weighted by molar-refractivity contribution is -0.230. The molecular weight excluding hydrogens is 256 g/mol. The van der Waals surface area contributed by atoms with Gasteiger partial charge in [-0.05, 0) is 92.3 Å². The van der Waals surface area contributed by atoms with Crippen LogP contribution in [0.5, 0.6) is 0 Å². The summed E-state index contributed by atoms with van der Waals surface area (Å²) in [4.78, 5) is 0. The van der Waals surface area contributed by atoms with Crippen molar-refractivity contribution in [3.8, 4) is 0 Å². The maximum absolute atomic E-state index is 10.9. The minimum Gasteiger partial charge on any atom is -0.390 e. The summed E-state index contributed by atoms with van der Waals surface area (Å²) >= 11 is 0. The van der Waals surface area contributed by atoms with E-state index >= 15 is 0 Å². The van der Waals surface area contributed by atoms with Gasteiger partial charge in [0.2, 0.25) is 0 Å². The summed E-state index contributed by atoms with van der Waals surface area (Å²) in [5.41, 5.74) is 1.20. The van der Waals surface area contributed by atoms with Crippen LogP contribution in [-0.2, 0) is 0 Å². The fraction of sp³-hybridized carbons (Fsp3) is 1.00. The highest BCUT2D eigenvalue weighted by atomic mass is 16.3. The van der Waals surface area contributed by atoms with Gasteiger partial charge in [0, 0.05) is 0 Å². The zero-order valence-electron chi connectivity index (χ0n) is 14.5. The van der Waals surface area contributed by atoms with E-state index in [1.54, 1.807) is 0 Å². The predicted molar refractivity (Wildman–Crippen MR) is 87.0 cm³/mol. The van der Waals surface area contributed by atoms with Crippen molar-refractivity contribution < 1.29 is 5.11 Å². The molecule has 0 unspecified atom stereocenters. The predicted octanol–water partition coefficient (Wildman–Crippen LogP) is 5.17. The third-order valence-electron chi connectivity index (χ3n) is 8.84. The minimum absolute atomic E-state index is 0.373. The molecule has 1 nitrogen and oxygen atoms in total. The molecule has 2 bridgehead atoms. The maximum atomic E-state index is 10.9. The van der Waals surface area contributed by atoms with Crippen molar-refractivity contribution in [1.82, 2.24) is 0 Å². The Balaban J connectivity index is 1.74. The number of hydrogen-bond acceptors (Lipinski definition) is 1. The van der Waals surface area contributed by atoms with E-state index in [-0.39, 0.29) is 5.60 Å². The molecule has 1 heteroatoms. The smallest absolute Gasteiger partial charge is 0.0653 e. The molecule has 0 radical (unpaired) electrons. The average molecular weight is 290 g/mol. The number of aliphatic hydroxyl groups is 1. The first-order chi connectivity index (χ1) is 9.70. The van der Waals surface area contributed by atoms with Crippen molar-refractivity contribution in [2.75, 3.05) is 0 Å². The summed E-state index contributed by atoms with van der Waals surface area (Å²) in [5, 5.41) is 10.9. The largest absolute Gasteiger partial charge is 0.390 e. The Bertz CT molecular complexity index is 451. The summed E-state index contributed by atoms with van der Waals surface area (Å²) in [6.07, 6.45) is 12.2. The lowest BCUT2D eigenvalue weighted by atomic mass is 9.36. The van der Waals surface area contributed by atoms with Gasteiger partial charge in [-0.15, -0.1) is 0 Å². The molecule has 5 rings (SSSR count). The first-order valence-corrected chi connectivity index (χ1v) is 9.42. The highest BCUT2D eigenvalue weighted by Gasteiger charge is 2.65. The Kier molecular flexibility index (Phi) is 2.82. The van der Waals surface area contributed by atoms with Gasteiger partial charge in [-0.2, -0.15) is 0 Å². The zero-order chi connectivity index (χ0) is 15.1. The van der Waals surface area contributed by atoms with Gasteiger partial charge in [-0.1, -0.05) is 27.2 Å². The molecule has 5 aliphatic rings. The van der Waals surface area contributed by atoms with E-state index in [1.165, 1.54) is 51.4 Å². The molecule has 0 aromatic heterocycles. The SMILES string of the molecule is CC1(C)CCC[C@]2(C)[C@@H]1CC[C@@]13CC[C@@H](C[C@H]12)[C@@](C)(O)C3. The van der Waals surface area contributed by atoms with Gasteiger partial charge in [0.15, 0.2) is 0 Å². The number of hydrogen-bond donors (Lipinski definition) is 1. The quantitative estimate of drug-likeness (QED) is 0.652. The monoisotopic (exact) mass is 290 g/mol. The average Bonchev–Trinajstić information content (AvgIpc) is 2.36. The van der Waals surface area contributed by atoms with E-state index in [0.717, 1.165) is 18.3 Å². The van der Waals surface area contributed by atoms with Crippen LogP contribution < -0.4 is 0 Å². The summed E-state index contributed by atoms with van der Waals surface area (Å²) in [6, 6.07) is 0. The van der Waals surface area contributed by atoms with Crippen molar-refractivity contribution in [2.24, 2.45) is 34.0 Å². The van der Waals surface area contributed by atoms with Crippen molar-refractivity contribution >= 4 is 0 Å². The molecule has 0 aromatic rings. The molecule has 120 valence electrons. The maximum Gasteiger partial charge on any atom is 0.0653 e. The fourth-order valence-electron chi connectivity index (χ4n) is 8.01. The van der Waals surface area contributed by atoms with Gasteiger partial charge in [0.25, 0.3) is 0 Å². The van der Waals surface area contributed by atoms with Gasteiger partial charge in [0.1, 0.15) is 0 Å². The number of rotatable bonds is 0. The Hall–Kier alpha value is -0.0400. The minimum atomic E-state index is -0.373. The lowest BCUT2D eigenvalue weighted by Gasteiger charge is -2.70. The van der Waals surface area contributed by atoms with Gasteiger partial charge < -0.3 is 5.11 Å². The Morgan fingerprint density at radius 1 is 0.857 bits per heavy atom. The lowest BCUT2D eigenvalue weighted by Crippen LogP contribution is -2.64. The zero-order valence-corrected chi connectivity index (χ0v) is 14.5. The van der Waals surface area contributed by atoms with Crippen molar-refractivity contribution in [2.45, 2.75) is 91.1 Å². The Morgan fingerprint density at radius 2 is 1.57 bits per heavy atom. The van der Waals surface area contributed by atoms with Crippen LogP contribution in [0.25, 0.3) is 0 Å². The van der Waals surface area contributed by atoms with Crippen LogP contribution in [0.2, 0.25) is 0 Å². The van der Waals surface area contributed by atoms with Crippen LogP contribution in [0.15, 0.2) is 0 Å². The first kappa shape index (κ1) is 14.5. The van der Waals surface area contributed by atoms with E-state index < -0.39 is 0 Å². The molecule has 5 fully saturated rings. The second-order valence-electron chi connectivity index (χ2n) is 10.4. The number of fused-ring (bicyclic) bond motifs is 3. The molecule has 0 aromatic carbocycles. The highest BCUT2D eigenvalue weighted by molar-refractivity contribution is 5.15. The fourth-order valence-corrected chi connectivity index (χ4v) is 8.01. The van der Waals surface area contributed by atoms with Crippen LogP contribution in [0.4, 0.5) is 0 Å². The van der Waals surface area contributed by atoms with Crippen molar-refractivity contribution in [3.05, 3.63) is 0 Å². The van der Waals surface area contributed by atoms with Gasteiger partial charge >= 0.3 is 0 Å².